The predicted octanol–water partition coefficient (Wildman–Crippen LogP) is 2.62. The van der Waals surface area contributed by atoms with Crippen molar-refractivity contribution in [3.8, 4) is 11.5 Å². The number of rotatable bonds is 3. The third kappa shape index (κ3) is 3.33. The van der Waals surface area contributed by atoms with Crippen LogP contribution < -0.4 is 5.32 Å². The molecule has 21 heavy (non-hydrogen) atoms. The van der Waals surface area contributed by atoms with Crippen LogP contribution in [0.2, 0.25) is 0 Å². The van der Waals surface area contributed by atoms with Gasteiger partial charge in [-0.25, -0.2) is 0 Å². The van der Waals surface area contributed by atoms with Crippen LogP contribution in [0.25, 0.3) is 0 Å². The third-order valence-corrected chi connectivity index (χ3v) is 4.97. The van der Waals surface area contributed by atoms with Gasteiger partial charge in [0.1, 0.15) is 11.5 Å². The van der Waals surface area contributed by atoms with Crippen molar-refractivity contribution >= 4 is 0 Å². The molecule has 4 nitrogen and oxygen atoms in total. The van der Waals surface area contributed by atoms with E-state index in [2.05, 4.69) is 10.2 Å². The van der Waals surface area contributed by atoms with Crippen molar-refractivity contribution < 1.29 is 10.2 Å². The van der Waals surface area contributed by atoms with Gasteiger partial charge < -0.3 is 15.5 Å². The van der Waals surface area contributed by atoms with Crippen LogP contribution in [0.4, 0.5) is 0 Å². The molecule has 0 spiro atoms. The van der Waals surface area contributed by atoms with Crippen LogP contribution in [-0.2, 0) is 0 Å². The molecule has 116 valence electrons. The topological polar surface area (TPSA) is 55.7 Å². The van der Waals surface area contributed by atoms with Gasteiger partial charge in [-0.05, 0) is 37.0 Å². The molecule has 1 aliphatic carbocycles. The highest BCUT2D eigenvalue weighted by Gasteiger charge is 2.32. The van der Waals surface area contributed by atoms with Gasteiger partial charge in [-0.1, -0.05) is 19.3 Å². The highest BCUT2D eigenvalue weighted by molar-refractivity contribution is 5.41. The Bertz CT molecular complexity index is 448. The molecule has 0 bridgehead atoms. The molecular formula is C17H26N2O2. The number of nitrogens with one attached hydrogen (secondary N) is 1. The van der Waals surface area contributed by atoms with E-state index in [-0.39, 0.29) is 11.8 Å². The van der Waals surface area contributed by atoms with Crippen molar-refractivity contribution in [2.45, 2.75) is 38.1 Å². The van der Waals surface area contributed by atoms with E-state index in [9.17, 15) is 10.2 Å². The lowest BCUT2D eigenvalue weighted by Gasteiger charge is -2.41. The van der Waals surface area contributed by atoms with Gasteiger partial charge in [0.2, 0.25) is 0 Å². The van der Waals surface area contributed by atoms with Crippen LogP contribution in [0.5, 0.6) is 11.5 Å². The Hall–Kier alpha value is -1.26. The summed E-state index contributed by atoms with van der Waals surface area (Å²) in [7, 11) is 0. The number of piperazine rings is 1. The molecule has 1 aromatic rings. The van der Waals surface area contributed by atoms with Crippen molar-refractivity contribution in [1.29, 1.82) is 0 Å². The van der Waals surface area contributed by atoms with Gasteiger partial charge >= 0.3 is 0 Å². The van der Waals surface area contributed by atoms with Gasteiger partial charge in [-0.2, -0.15) is 0 Å². The zero-order valence-electron chi connectivity index (χ0n) is 12.6. The maximum absolute atomic E-state index is 10.3. The first-order chi connectivity index (χ1) is 10.3. The average molecular weight is 290 g/mol. The minimum absolute atomic E-state index is 0.236. The molecule has 2 fully saturated rings. The van der Waals surface area contributed by atoms with Gasteiger partial charge in [0.15, 0.2) is 0 Å². The first kappa shape index (κ1) is 14.7. The molecule has 0 radical (unpaired) electrons. The van der Waals surface area contributed by atoms with Gasteiger partial charge in [0.05, 0.1) is 0 Å². The number of phenolic OH excluding ortho intramolecular Hbond substituents is 2. The maximum Gasteiger partial charge on any atom is 0.120 e. The molecule has 0 unspecified atom stereocenters. The van der Waals surface area contributed by atoms with Crippen molar-refractivity contribution in [1.82, 2.24) is 10.2 Å². The minimum atomic E-state index is 0.236. The largest absolute Gasteiger partial charge is 0.508 e. The van der Waals surface area contributed by atoms with E-state index in [0.29, 0.717) is 11.7 Å². The van der Waals surface area contributed by atoms with Gasteiger partial charge in [-0.3, -0.25) is 4.90 Å². The monoisotopic (exact) mass is 290 g/mol. The number of hydrogen-bond donors (Lipinski definition) is 3. The molecule has 3 N–H and O–H groups in total. The van der Waals surface area contributed by atoms with Crippen molar-refractivity contribution in [3.63, 3.8) is 0 Å². The Morgan fingerprint density at radius 2 is 1.76 bits per heavy atom. The zero-order chi connectivity index (χ0) is 14.7. The standard InChI is InChI=1S/C17H26N2O2/c20-14-6-7-16(21)15(12-14)17(13-4-2-1-3-5-13)19-10-8-18-9-11-19/h6-7,12-13,17-18,20-21H,1-5,8-11H2/t17-/m0/s1. The summed E-state index contributed by atoms with van der Waals surface area (Å²) in [4.78, 5) is 2.49. The Balaban J connectivity index is 1.91. The van der Waals surface area contributed by atoms with Crippen LogP contribution in [-0.4, -0.2) is 41.3 Å². The fourth-order valence-electron chi connectivity index (χ4n) is 3.94. The Kier molecular flexibility index (Phi) is 4.66. The maximum atomic E-state index is 10.3. The molecule has 1 heterocycles. The molecule has 3 rings (SSSR count). The van der Waals surface area contributed by atoms with E-state index in [1.165, 1.54) is 32.1 Å². The minimum Gasteiger partial charge on any atom is -0.508 e. The summed E-state index contributed by atoms with van der Waals surface area (Å²) in [5.74, 6) is 1.16. The quantitative estimate of drug-likeness (QED) is 0.749. The summed E-state index contributed by atoms with van der Waals surface area (Å²) in [6.45, 7) is 4.03. The lowest BCUT2D eigenvalue weighted by Crippen LogP contribution is -2.47. The number of aromatic hydroxyl groups is 2. The Labute approximate surface area is 126 Å². The van der Waals surface area contributed by atoms with E-state index < -0.39 is 0 Å². The van der Waals surface area contributed by atoms with Gasteiger partial charge in [-0.15, -0.1) is 0 Å². The highest BCUT2D eigenvalue weighted by atomic mass is 16.3. The van der Waals surface area contributed by atoms with Crippen molar-refractivity contribution in [2.75, 3.05) is 26.2 Å². The average Bonchev–Trinajstić information content (AvgIpc) is 2.53. The Morgan fingerprint density at radius 3 is 2.48 bits per heavy atom. The summed E-state index contributed by atoms with van der Waals surface area (Å²) in [5, 5.41) is 23.6. The summed E-state index contributed by atoms with van der Waals surface area (Å²) in [5.41, 5.74) is 0.906. The molecule has 0 aromatic heterocycles. The fourth-order valence-corrected chi connectivity index (χ4v) is 3.94. The van der Waals surface area contributed by atoms with E-state index in [0.717, 1.165) is 31.7 Å². The summed E-state index contributed by atoms with van der Waals surface area (Å²) < 4.78 is 0. The molecule has 1 aromatic carbocycles. The SMILES string of the molecule is Oc1ccc(O)c([C@H](C2CCCCC2)N2CCNCC2)c1. The van der Waals surface area contributed by atoms with E-state index in [1.807, 2.05) is 0 Å². The van der Waals surface area contributed by atoms with Crippen molar-refractivity contribution in [2.24, 2.45) is 5.92 Å². The van der Waals surface area contributed by atoms with E-state index in [1.54, 1.807) is 18.2 Å². The van der Waals surface area contributed by atoms with Crippen LogP contribution in [0.1, 0.15) is 43.7 Å². The molecule has 1 atom stereocenters. The first-order valence-corrected chi connectivity index (χ1v) is 8.22. The first-order valence-electron chi connectivity index (χ1n) is 8.22. The lowest BCUT2D eigenvalue weighted by molar-refractivity contribution is 0.101. The normalized spacial score (nSPS) is 23.0. The molecule has 1 saturated heterocycles. The number of phenols is 2. The third-order valence-electron chi connectivity index (χ3n) is 4.97. The van der Waals surface area contributed by atoms with Gasteiger partial charge in [0.25, 0.3) is 0 Å². The van der Waals surface area contributed by atoms with Crippen LogP contribution in [0.15, 0.2) is 18.2 Å². The molecule has 2 aliphatic rings. The fraction of sp³-hybridized carbons (Fsp3) is 0.647. The van der Waals surface area contributed by atoms with Crippen molar-refractivity contribution in [3.05, 3.63) is 23.8 Å². The zero-order valence-corrected chi connectivity index (χ0v) is 12.6. The summed E-state index contributed by atoms with van der Waals surface area (Å²) >= 11 is 0. The number of hydrogen-bond acceptors (Lipinski definition) is 4. The summed E-state index contributed by atoms with van der Waals surface area (Å²) in [6.07, 6.45) is 6.35. The molecule has 1 aliphatic heterocycles. The second kappa shape index (κ2) is 6.67. The lowest BCUT2D eigenvalue weighted by atomic mass is 9.80. The number of nitrogens with zero attached hydrogens (tertiary/aromatic N) is 1. The second-order valence-corrected chi connectivity index (χ2v) is 6.37. The van der Waals surface area contributed by atoms with Crippen LogP contribution in [0, 0.1) is 5.92 Å². The van der Waals surface area contributed by atoms with Crippen LogP contribution >= 0.6 is 0 Å². The van der Waals surface area contributed by atoms with Gasteiger partial charge in [0, 0.05) is 37.8 Å². The second-order valence-electron chi connectivity index (χ2n) is 6.37. The molecule has 1 saturated carbocycles. The smallest absolute Gasteiger partial charge is 0.120 e. The van der Waals surface area contributed by atoms with E-state index in [4.69, 9.17) is 0 Å². The van der Waals surface area contributed by atoms with E-state index >= 15 is 0 Å². The summed E-state index contributed by atoms with van der Waals surface area (Å²) in [6, 6.07) is 5.19. The molecule has 4 heteroatoms. The Morgan fingerprint density at radius 1 is 1.05 bits per heavy atom. The molecular weight excluding hydrogens is 264 g/mol. The highest BCUT2D eigenvalue weighted by Crippen LogP contribution is 2.42. The number of benzene rings is 1. The van der Waals surface area contributed by atoms with Crippen LogP contribution in [0.3, 0.4) is 0 Å². The molecule has 0 amide bonds. The predicted molar refractivity (Wildman–Crippen MR) is 83.5 cm³/mol.